The Morgan fingerprint density at radius 1 is 1.57 bits per heavy atom. The fourth-order valence-electron chi connectivity index (χ4n) is 1.30. The molecule has 1 N–H and O–H groups in total. The fourth-order valence-corrected chi connectivity index (χ4v) is 2.23. The standard InChI is InChI=1S/C10H15NO2S/c1-3-6-11(2)7-8-4-5-9(14-8)10(12)13/h4-5H,3,6-7H2,1-2H3,(H,12,13). The van der Waals surface area contributed by atoms with Gasteiger partial charge in [-0.1, -0.05) is 6.92 Å². The third-order valence-electron chi connectivity index (χ3n) is 1.90. The van der Waals surface area contributed by atoms with Gasteiger partial charge >= 0.3 is 5.97 Å². The van der Waals surface area contributed by atoms with Crippen molar-refractivity contribution in [2.75, 3.05) is 13.6 Å². The lowest BCUT2D eigenvalue weighted by Gasteiger charge is -2.13. The molecule has 0 unspecified atom stereocenters. The van der Waals surface area contributed by atoms with Crippen LogP contribution < -0.4 is 0 Å². The third kappa shape index (κ3) is 3.12. The van der Waals surface area contributed by atoms with Gasteiger partial charge in [-0.15, -0.1) is 11.3 Å². The molecule has 14 heavy (non-hydrogen) atoms. The summed E-state index contributed by atoms with van der Waals surface area (Å²) in [6, 6.07) is 3.56. The number of carboxylic acids is 1. The lowest BCUT2D eigenvalue weighted by atomic mass is 10.4. The summed E-state index contributed by atoms with van der Waals surface area (Å²) in [5.74, 6) is -0.834. The number of hydrogen-bond donors (Lipinski definition) is 1. The largest absolute Gasteiger partial charge is 0.477 e. The maximum atomic E-state index is 10.6. The van der Waals surface area contributed by atoms with Crippen LogP contribution in [-0.2, 0) is 6.54 Å². The number of rotatable bonds is 5. The minimum Gasteiger partial charge on any atom is -0.477 e. The van der Waals surface area contributed by atoms with Crippen LogP contribution in [0.4, 0.5) is 0 Å². The van der Waals surface area contributed by atoms with E-state index in [9.17, 15) is 4.79 Å². The Labute approximate surface area is 88.0 Å². The second-order valence-electron chi connectivity index (χ2n) is 3.31. The van der Waals surface area contributed by atoms with Crippen molar-refractivity contribution in [2.24, 2.45) is 0 Å². The molecule has 78 valence electrons. The molecule has 0 spiro atoms. The van der Waals surface area contributed by atoms with Crippen molar-refractivity contribution in [1.29, 1.82) is 0 Å². The van der Waals surface area contributed by atoms with Crippen LogP contribution in [0.1, 0.15) is 27.9 Å². The highest BCUT2D eigenvalue weighted by atomic mass is 32.1. The molecule has 0 radical (unpaired) electrons. The van der Waals surface area contributed by atoms with Crippen LogP contribution in [0, 0.1) is 0 Å². The molecule has 0 aliphatic heterocycles. The second-order valence-corrected chi connectivity index (χ2v) is 4.48. The molecule has 0 aliphatic carbocycles. The summed E-state index contributed by atoms with van der Waals surface area (Å²) >= 11 is 1.35. The van der Waals surface area contributed by atoms with Gasteiger partial charge < -0.3 is 10.0 Å². The van der Waals surface area contributed by atoms with E-state index in [0.29, 0.717) is 4.88 Å². The van der Waals surface area contributed by atoms with Gasteiger partial charge in [-0.05, 0) is 32.1 Å². The van der Waals surface area contributed by atoms with E-state index in [1.807, 2.05) is 13.1 Å². The molecule has 0 saturated heterocycles. The average Bonchev–Trinajstić information content (AvgIpc) is 2.53. The topological polar surface area (TPSA) is 40.5 Å². The zero-order chi connectivity index (χ0) is 10.6. The van der Waals surface area contributed by atoms with Crippen LogP contribution in [0.2, 0.25) is 0 Å². The average molecular weight is 213 g/mol. The monoisotopic (exact) mass is 213 g/mol. The molecule has 1 aromatic heterocycles. The van der Waals surface area contributed by atoms with Crippen molar-refractivity contribution >= 4 is 17.3 Å². The highest BCUT2D eigenvalue weighted by molar-refractivity contribution is 7.13. The van der Waals surface area contributed by atoms with E-state index < -0.39 is 5.97 Å². The zero-order valence-electron chi connectivity index (χ0n) is 8.49. The number of hydrogen-bond acceptors (Lipinski definition) is 3. The number of carboxylic acid groups (broad SMARTS) is 1. The lowest BCUT2D eigenvalue weighted by Crippen LogP contribution is -2.17. The normalized spacial score (nSPS) is 10.8. The van der Waals surface area contributed by atoms with Gasteiger partial charge in [0.15, 0.2) is 0 Å². The van der Waals surface area contributed by atoms with Gasteiger partial charge in [-0.3, -0.25) is 0 Å². The molecule has 1 heterocycles. The number of carbonyl (C=O) groups is 1. The maximum Gasteiger partial charge on any atom is 0.345 e. The van der Waals surface area contributed by atoms with E-state index in [4.69, 9.17) is 5.11 Å². The first kappa shape index (κ1) is 11.2. The van der Waals surface area contributed by atoms with Crippen molar-refractivity contribution in [3.8, 4) is 0 Å². The molecule has 0 amide bonds. The van der Waals surface area contributed by atoms with Gasteiger partial charge in [-0.25, -0.2) is 4.79 Å². The van der Waals surface area contributed by atoms with Crippen LogP contribution in [0.25, 0.3) is 0 Å². The maximum absolute atomic E-state index is 10.6. The molecule has 4 heteroatoms. The Morgan fingerprint density at radius 2 is 2.29 bits per heavy atom. The van der Waals surface area contributed by atoms with Crippen LogP contribution in [0.3, 0.4) is 0 Å². The Balaban J connectivity index is 2.55. The number of aromatic carboxylic acids is 1. The predicted octanol–water partition coefficient (Wildman–Crippen LogP) is 2.29. The first-order valence-electron chi connectivity index (χ1n) is 4.64. The van der Waals surface area contributed by atoms with Crippen molar-refractivity contribution in [2.45, 2.75) is 19.9 Å². The van der Waals surface area contributed by atoms with Crippen LogP contribution >= 0.6 is 11.3 Å². The van der Waals surface area contributed by atoms with Crippen molar-refractivity contribution in [1.82, 2.24) is 4.90 Å². The second kappa shape index (κ2) is 5.12. The molecule has 0 saturated carbocycles. The van der Waals surface area contributed by atoms with E-state index in [1.165, 1.54) is 11.3 Å². The van der Waals surface area contributed by atoms with E-state index >= 15 is 0 Å². The molecule has 3 nitrogen and oxygen atoms in total. The minimum absolute atomic E-state index is 0.421. The van der Waals surface area contributed by atoms with E-state index in [1.54, 1.807) is 6.07 Å². The molecular weight excluding hydrogens is 198 g/mol. The fraction of sp³-hybridized carbons (Fsp3) is 0.500. The summed E-state index contributed by atoms with van der Waals surface area (Å²) in [5, 5.41) is 8.73. The quantitative estimate of drug-likeness (QED) is 0.815. The predicted molar refractivity (Wildman–Crippen MR) is 57.9 cm³/mol. The van der Waals surface area contributed by atoms with E-state index in [0.717, 1.165) is 24.4 Å². The Hall–Kier alpha value is -0.870. The summed E-state index contributed by atoms with van der Waals surface area (Å²) in [6.07, 6.45) is 1.12. The van der Waals surface area contributed by atoms with Crippen molar-refractivity contribution < 1.29 is 9.90 Å². The van der Waals surface area contributed by atoms with Crippen molar-refractivity contribution in [3.05, 3.63) is 21.9 Å². The molecule has 1 aromatic rings. The summed E-state index contributed by atoms with van der Waals surface area (Å²) in [7, 11) is 2.05. The minimum atomic E-state index is -0.834. The first-order chi connectivity index (χ1) is 6.63. The SMILES string of the molecule is CCCN(C)Cc1ccc(C(=O)O)s1. The van der Waals surface area contributed by atoms with Gasteiger partial charge in [-0.2, -0.15) is 0 Å². The molecule has 1 rings (SSSR count). The Bertz CT molecular complexity index is 309. The van der Waals surface area contributed by atoms with Gasteiger partial charge in [0.05, 0.1) is 0 Å². The summed E-state index contributed by atoms with van der Waals surface area (Å²) in [5.41, 5.74) is 0. The Morgan fingerprint density at radius 3 is 2.79 bits per heavy atom. The van der Waals surface area contributed by atoms with Crippen molar-refractivity contribution in [3.63, 3.8) is 0 Å². The van der Waals surface area contributed by atoms with Gasteiger partial charge in [0.1, 0.15) is 4.88 Å². The molecule has 0 aliphatic rings. The molecule has 0 aromatic carbocycles. The van der Waals surface area contributed by atoms with Crippen LogP contribution in [-0.4, -0.2) is 29.6 Å². The van der Waals surface area contributed by atoms with Crippen LogP contribution in [0.5, 0.6) is 0 Å². The van der Waals surface area contributed by atoms with Gasteiger partial charge in [0.25, 0.3) is 0 Å². The molecule has 0 fully saturated rings. The number of thiophene rings is 1. The highest BCUT2D eigenvalue weighted by Gasteiger charge is 2.07. The van der Waals surface area contributed by atoms with Gasteiger partial charge in [0.2, 0.25) is 0 Å². The van der Waals surface area contributed by atoms with Crippen LogP contribution in [0.15, 0.2) is 12.1 Å². The third-order valence-corrected chi connectivity index (χ3v) is 2.96. The summed E-state index contributed by atoms with van der Waals surface area (Å²) in [4.78, 5) is 14.3. The first-order valence-corrected chi connectivity index (χ1v) is 5.45. The lowest BCUT2D eigenvalue weighted by molar-refractivity contribution is 0.0702. The Kier molecular flexibility index (Phi) is 4.10. The zero-order valence-corrected chi connectivity index (χ0v) is 9.30. The van der Waals surface area contributed by atoms with Gasteiger partial charge in [0, 0.05) is 11.4 Å². The van der Waals surface area contributed by atoms with E-state index in [-0.39, 0.29) is 0 Å². The smallest absolute Gasteiger partial charge is 0.345 e. The summed E-state index contributed by atoms with van der Waals surface area (Å²) in [6.45, 7) is 4.01. The number of nitrogens with zero attached hydrogens (tertiary/aromatic N) is 1. The van der Waals surface area contributed by atoms with E-state index in [2.05, 4.69) is 11.8 Å². The highest BCUT2D eigenvalue weighted by Crippen LogP contribution is 2.17. The molecule has 0 atom stereocenters. The molecular formula is C10H15NO2S. The summed E-state index contributed by atoms with van der Waals surface area (Å²) < 4.78 is 0. The molecule has 0 bridgehead atoms.